The molecule has 2 aromatic rings. The maximum Gasteiger partial charge on any atom is 0.328 e. The van der Waals surface area contributed by atoms with Gasteiger partial charge in [-0.05, 0) is 44.7 Å². The second-order valence-corrected chi connectivity index (χ2v) is 6.30. The van der Waals surface area contributed by atoms with E-state index in [9.17, 15) is 9.59 Å². The van der Waals surface area contributed by atoms with Gasteiger partial charge < -0.3 is 4.90 Å². The van der Waals surface area contributed by atoms with Crippen LogP contribution in [-0.2, 0) is 20.0 Å². The lowest BCUT2D eigenvalue weighted by Crippen LogP contribution is -2.36. The van der Waals surface area contributed by atoms with E-state index in [0.717, 1.165) is 30.5 Å². The van der Waals surface area contributed by atoms with Crippen molar-refractivity contribution in [3.8, 4) is 0 Å². The van der Waals surface area contributed by atoms with Gasteiger partial charge in [0.25, 0.3) is 5.91 Å². The Morgan fingerprint density at radius 2 is 2.21 bits per heavy atom. The second kappa shape index (κ2) is 6.63. The number of carbonyl (C=O) groups excluding carboxylic acids is 1. The zero-order valence-electron chi connectivity index (χ0n) is 14.5. The van der Waals surface area contributed by atoms with Gasteiger partial charge in [-0.25, -0.2) is 4.79 Å². The number of hydrogen-bond acceptors (Lipinski definition) is 3. The highest BCUT2D eigenvalue weighted by atomic mass is 16.2. The molecule has 3 heterocycles. The monoisotopic (exact) mass is 328 g/mol. The minimum absolute atomic E-state index is 0.0795. The van der Waals surface area contributed by atoms with Crippen molar-refractivity contribution in [3.63, 3.8) is 0 Å². The van der Waals surface area contributed by atoms with Gasteiger partial charge >= 0.3 is 5.69 Å². The fourth-order valence-corrected chi connectivity index (χ4v) is 3.56. The van der Waals surface area contributed by atoms with Crippen LogP contribution in [0.15, 0.2) is 29.3 Å². The SMILES string of the molecule is CCN(C(=O)c1c2n(c(=O)n1C)CCCC2)C(C)c1cccnc1. The van der Waals surface area contributed by atoms with Gasteiger partial charge in [-0.2, -0.15) is 0 Å². The Morgan fingerprint density at radius 3 is 2.88 bits per heavy atom. The number of aromatic nitrogens is 3. The van der Waals surface area contributed by atoms with Crippen LogP contribution >= 0.6 is 0 Å². The summed E-state index contributed by atoms with van der Waals surface area (Å²) in [6.45, 7) is 5.25. The van der Waals surface area contributed by atoms with E-state index in [2.05, 4.69) is 4.98 Å². The summed E-state index contributed by atoms with van der Waals surface area (Å²) in [6, 6.07) is 3.76. The summed E-state index contributed by atoms with van der Waals surface area (Å²) in [5, 5.41) is 0. The van der Waals surface area contributed by atoms with E-state index in [1.165, 1.54) is 4.57 Å². The van der Waals surface area contributed by atoms with Gasteiger partial charge in [-0.3, -0.25) is 18.9 Å². The topological polar surface area (TPSA) is 60.1 Å². The third kappa shape index (κ3) is 2.66. The minimum atomic E-state index is -0.0922. The molecule has 1 aliphatic rings. The molecule has 6 nitrogen and oxygen atoms in total. The van der Waals surface area contributed by atoms with Gasteiger partial charge in [0.05, 0.1) is 11.7 Å². The molecular weight excluding hydrogens is 304 g/mol. The fraction of sp³-hybridized carbons (Fsp3) is 0.500. The molecule has 0 saturated carbocycles. The molecule has 24 heavy (non-hydrogen) atoms. The van der Waals surface area contributed by atoms with Gasteiger partial charge in [0.2, 0.25) is 0 Å². The first-order valence-electron chi connectivity index (χ1n) is 8.55. The molecule has 3 rings (SSSR count). The van der Waals surface area contributed by atoms with E-state index in [-0.39, 0.29) is 17.6 Å². The highest BCUT2D eigenvalue weighted by molar-refractivity contribution is 5.94. The average molecular weight is 328 g/mol. The summed E-state index contributed by atoms with van der Waals surface area (Å²) in [5.74, 6) is -0.0795. The average Bonchev–Trinajstić information content (AvgIpc) is 2.87. The largest absolute Gasteiger partial charge is 0.331 e. The maximum atomic E-state index is 13.2. The number of carbonyl (C=O) groups is 1. The van der Waals surface area contributed by atoms with Crippen LogP contribution < -0.4 is 5.69 Å². The van der Waals surface area contributed by atoms with Gasteiger partial charge in [0.1, 0.15) is 5.69 Å². The van der Waals surface area contributed by atoms with Gasteiger partial charge in [-0.1, -0.05) is 6.07 Å². The van der Waals surface area contributed by atoms with Crippen molar-refractivity contribution in [2.45, 2.75) is 45.7 Å². The van der Waals surface area contributed by atoms with Gasteiger partial charge in [0.15, 0.2) is 0 Å². The summed E-state index contributed by atoms with van der Waals surface area (Å²) in [7, 11) is 1.70. The first-order chi connectivity index (χ1) is 11.6. The lowest BCUT2D eigenvalue weighted by atomic mass is 10.1. The zero-order valence-corrected chi connectivity index (χ0v) is 14.5. The minimum Gasteiger partial charge on any atom is -0.331 e. The molecule has 1 unspecified atom stereocenters. The highest BCUT2D eigenvalue weighted by Gasteiger charge is 2.30. The molecule has 1 amide bonds. The molecule has 0 N–H and O–H groups in total. The molecule has 0 radical (unpaired) electrons. The molecule has 0 saturated heterocycles. The number of imidazole rings is 1. The third-order valence-corrected chi connectivity index (χ3v) is 4.94. The van der Waals surface area contributed by atoms with Crippen LogP contribution in [0.1, 0.15) is 54.5 Å². The fourth-order valence-electron chi connectivity index (χ4n) is 3.56. The quantitative estimate of drug-likeness (QED) is 0.864. The molecule has 1 atom stereocenters. The Bertz CT molecular complexity index is 791. The molecule has 0 fully saturated rings. The smallest absolute Gasteiger partial charge is 0.328 e. The summed E-state index contributed by atoms with van der Waals surface area (Å²) in [6.07, 6.45) is 6.31. The van der Waals surface area contributed by atoms with Crippen LogP contribution in [0.5, 0.6) is 0 Å². The predicted octanol–water partition coefficient (Wildman–Crippen LogP) is 2.14. The van der Waals surface area contributed by atoms with E-state index < -0.39 is 0 Å². The predicted molar refractivity (Wildman–Crippen MR) is 92.0 cm³/mol. The van der Waals surface area contributed by atoms with Gasteiger partial charge in [-0.15, -0.1) is 0 Å². The van der Waals surface area contributed by atoms with Crippen LogP contribution in [0, 0.1) is 0 Å². The van der Waals surface area contributed by atoms with Crippen molar-refractivity contribution in [2.24, 2.45) is 7.05 Å². The molecule has 0 aliphatic carbocycles. The Morgan fingerprint density at radius 1 is 1.42 bits per heavy atom. The van der Waals surface area contributed by atoms with Crippen LogP contribution in [0.25, 0.3) is 0 Å². The summed E-state index contributed by atoms with van der Waals surface area (Å²) in [4.78, 5) is 31.6. The summed E-state index contributed by atoms with van der Waals surface area (Å²) >= 11 is 0. The second-order valence-electron chi connectivity index (χ2n) is 6.30. The highest BCUT2D eigenvalue weighted by Crippen LogP contribution is 2.24. The van der Waals surface area contributed by atoms with Crippen LogP contribution in [0.3, 0.4) is 0 Å². The molecule has 128 valence electrons. The van der Waals surface area contributed by atoms with Crippen molar-refractivity contribution in [1.29, 1.82) is 0 Å². The van der Waals surface area contributed by atoms with Gasteiger partial charge in [0, 0.05) is 32.5 Å². The molecule has 0 bridgehead atoms. The summed E-state index contributed by atoms with van der Waals surface area (Å²) < 4.78 is 3.28. The third-order valence-electron chi connectivity index (χ3n) is 4.94. The lowest BCUT2D eigenvalue weighted by molar-refractivity contribution is 0.0690. The Balaban J connectivity index is 2.00. The van der Waals surface area contributed by atoms with Crippen LogP contribution in [0.2, 0.25) is 0 Å². The zero-order chi connectivity index (χ0) is 17.3. The normalized spacial score (nSPS) is 15.0. The van der Waals surface area contributed by atoms with Crippen molar-refractivity contribution in [3.05, 3.63) is 52.0 Å². The number of amides is 1. The number of rotatable bonds is 4. The van der Waals surface area contributed by atoms with Crippen LogP contribution in [0.4, 0.5) is 0 Å². The van der Waals surface area contributed by atoms with E-state index in [1.807, 2.05) is 26.0 Å². The molecule has 1 aliphatic heterocycles. The van der Waals surface area contributed by atoms with Crippen LogP contribution in [-0.4, -0.2) is 31.5 Å². The summed E-state index contributed by atoms with van der Waals surface area (Å²) in [5.41, 5.74) is 2.33. The van der Waals surface area contributed by atoms with Crippen molar-refractivity contribution in [1.82, 2.24) is 19.0 Å². The Kier molecular flexibility index (Phi) is 4.55. The molecule has 2 aromatic heterocycles. The Labute approximate surface area is 141 Å². The van der Waals surface area contributed by atoms with E-state index in [4.69, 9.17) is 0 Å². The standard InChI is InChI=1S/C18H24N4O2/c1-4-21(13(2)14-8-7-10-19-12-14)17(23)16-15-9-5-6-11-22(15)18(24)20(16)3/h7-8,10,12-13H,4-6,9,11H2,1-3H3. The first-order valence-corrected chi connectivity index (χ1v) is 8.55. The molecule has 0 spiro atoms. The van der Waals surface area contributed by atoms with Crippen molar-refractivity contribution < 1.29 is 4.79 Å². The number of hydrogen-bond donors (Lipinski definition) is 0. The molecule has 0 aromatic carbocycles. The maximum absolute atomic E-state index is 13.2. The molecular formula is C18H24N4O2. The number of pyridine rings is 1. The lowest BCUT2D eigenvalue weighted by Gasteiger charge is -2.29. The van der Waals surface area contributed by atoms with E-state index in [0.29, 0.717) is 18.8 Å². The Hall–Kier alpha value is -2.37. The van der Waals surface area contributed by atoms with E-state index in [1.54, 1.807) is 28.9 Å². The van der Waals surface area contributed by atoms with Crippen molar-refractivity contribution >= 4 is 5.91 Å². The molecule has 6 heteroatoms. The first kappa shape index (κ1) is 16.5. The number of nitrogens with zero attached hydrogens (tertiary/aromatic N) is 4. The van der Waals surface area contributed by atoms with Crippen molar-refractivity contribution in [2.75, 3.05) is 6.54 Å². The number of fused-ring (bicyclic) bond motifs is 1. The van der Waals surface area contributed by atoms with E-state index >= 15 is 0 Å².